The van der Waals surface area contributed by atoms with Gasteiger partial charge in [-0.25, -0.2) is 8.42 Å². The molecule has 3 rings (SSSR count). The number of sulfonamides is 1. The molecule has 2 amide bonds. The number of nitrogens with one attached hydrogen (secondary N) is 3. The van der Waals surface area contributed by atoms with Gasteiger partial charge >= 0.3 is 0 Å². The second kappa shape index (κ2) is 10.1. The highest BCUT2D eigenvalue weighted by atomic mass is 35.5. The summed E-state index contributed by atoms with van der Waals surface area (Å²) >= 11 is 5.82. The predicted molar refractivity (Wildman–Crippen MR) is 131 cm³/mol. The minimum Gasteiger partial charge on any atom is -0.326 e. The minimum absolute atomic E-state index is 0.0172. The Morgan fingerprint density at radius 2 is 1.45 bits per heavy atom. The molecule has 9 heteroatoms. The van der Waals surface area contributed by atoms with Crippen LogP contribution in [-0.2, 0) is 14.8 Å². The van der Waals surface area contributed by atoms with Crippen LogP contribution in [0.4, 0.5) is 17.1 Å². The number of amides is 2. The summed E-state index contributed by atoms with van der Waals surface area (Å²) in [6.45, 7) is 5.42. The van der Waals surface area contributed by atoms with Crippen LogP contribution in [0.5, 0.6) is 0 Å². The van der Waals surface area contributed by atoms with Gasteiger partial charge in [0.1, 0.15) is 0 Å². The molecule has 0 aliphatic carbocycles. The van der Waals surface area contributed by atoms with Gasteiger partial charge in [0.05, 0.1) is 4.90 Å². The smallest absolute Gasteiger partial charge is 0.261 e. The van der Waals surface area contributed by atoms with E-state index in [9.17, 15) is 18.0 Å². The summed E-state index contributed by atoms with van der Waals surface area (Å²) in [6.07, 6.45) is 0. The SMILES string of the molecule is Cc1ccc(NC(=O)C(C)C)cc1NC(=O)c1ccc(S(=O)(=O)Nc2ccc(Cl)cc2)cc1. The number of halogens is 1. The van der Waals surface area contributed by atoms with E-state index < -0.39 is 15.9 Å². The maximum Gasteiger partial charge on any atom is 0.261 e. The van der Waals surface area contributed by atoms with Crippen LogP contribution in [0.3, 0.4) is 0 Å². The molecule has 0 spiro atoms. The molecule has 0 fully saturated rings. The van der Waals surface area contributed by atoms with Crippen molar-refractivity contribution in [3.63, 3.8) is 0 Å². The Bertz CT molecular complexity index is 1270. The normalized spacial score (nSPS) is 11.2. The van der Waals surface area contributed by atoms with Crippen LogP contribution in [0.1, 0.15) is 29.8 Å². The van der Waals surface area contributed by atoms with E-state index in [2.05, 4.69) is 15.4 Å². The molecular weight excluding hydrogens is 462 g/mol. The van der Waals surface area contributed by atoms with Gasteiger partial charge in [-0.1, -0.05) is 31.5 Å². The maximum atomic E-state index is 12.7. The molecule has 0 heterocycles. The average molecular weight is 486 g/mol. The third-order valence-corrected chi connectivity index (χ3v) is 6.45. The van der Waals surface area contributed by atoms with Gasteiger partial charge in [-0.3, -0.25) is 14.3 Å². The molecule has 0 unspecified atom stereocenters. The molecule has 0 aliphatic rings. The van der Waals surface area contributed by atoms with Gasteiger partial charge in [0, 0.05) is 33.6 Å². The molecule has 0 aliphatic heterocycles. The number of benzene rings is 3. The number of hydrogen-bond donors (Lipinski definition) is 3. The molecule has 0 atom stereocenters. The van der Waals surface area contributed by atoms with Gasteiger partial charge in [0.2, 0.25) is 5.91 Å². The molecule has 0 aromatic heterocycles. The topological polar surface area (TPSA) is 104 Å². The maximum absolute atomic E-state index is 12.7. The Balaban J connectivity index is 1.73. The van der Waals surface area contributed by atoms with E-state index in [4.69, 9.17) is 11.6 Å². The zero-order valence-electron chi connectivity index (χ0n) is 18.3. The van der Waals surface area contributed by atoms with Crippen LogP contribution in [-0.4, -0.2) is 20.2 Å². The molecule has 7 nitrogen and oxygen atoms in total. The fourth-order valence-corrected chi connectivity index (χ4v) is 4.02. The van der Waals surface area contributed by atoms with Gasteiger partial charge < -0.3 is 10.6 Å². The molecule has 0 saturated heterocycles. The fraction of sp³-hybridized carbons (Fsp3) is 0.167. The van der Waals surface area contributed by atoms with Gasteiger partial charge in [0.25, 0.3) is 15.9 Å². The van der Waals surface area contributed by atoms with Crippen molar-refractivity contribution in [2.24, 2.45) is 5.92 Å². The summed E-state index contributed by atoms with van der Waals surface area (Å²) in [5.41, 5.74) is 2.60. The first-order chi connectivity index (χ1) is 15.5. The zero-order valence-corrected chi connectivity index (χ0v) is 19.9. The van der Waals surface area contributed by atoms with Crippen molar-refractivity contribution < 1.29 is 18.0 Å². The van der Waals surface area contributed by atoms with E-state index in [0.717, 1.165) is 5.56 Å². The highest BCUT2D eigenvalue weighted by Gasteiger charge is 2.16. The van der Waals surface area contributed by atoms with Crippen LogP contribution in [0, 0.1) is 12.8 Å². The molecule has 3 N–H and O–H groups in total. The number of anilines is 3. The largest absolute Gasteiger partial charge is 0.326 e. The number of carbonyl (C=O) groups is 2. The minimum atomic E-state index is -3.82. The summed E-state index contributed by atoms with van der Waals surface area (Å²) in [5, 5.41) is 6.10. The summed E-state index contributed by atoms with van der Waals surface area (Å²) in [5.74, 6) is -0.700. The van der Waals surface area contributed by atoms with Crippen LogP contribution in [0.25, 0.3) is 0 Å². The van der Waals surface area contributed by atoms with Crippen molar-refractivity contribution in [2.45, 2.75) is 25.7 Å². The van der Waals surface area contributed by atoms with Crippen molar-refractivity contribution in [1.82, 2.24) is 0 Å². The lowest BCUT2D eigenvalue weighted by Gasteiger charge is -2.13. The van der Waals surface area contributed by atoms with Crippen LogP contribution < -0.4 is 15.4 Å². The van der Waals surface area contributed by atoms with Gasteiger partial charge in [0.15, 0.2) is 0 Å². The third kappa shape index (κ3) is 6.34. The van der Waals surface area contributed by atoms with Gasteiger partial charge in [-0.2, -0.15) is 0 Å². The van der Waals surface area contributed by atoms with Crippen LogP contribution >= 0.6 is 11.6 Å². The van der Waals surface area contributed by atoms with Gasteiger partial charge in [-0.05, 0) is 73.2 Å². The van der Waals surface area contributed by atoms with Crippen molar-refractivity contribution in [3.05, 3.63) is 82.9 Å². The summed E-state index contributed by atoms with van der Waals surface area (Å²) in [6, 6.07) is 17.1. The van der Waals surface area contributed by atoms with E-state index in [0.29, 0.717) is 22.1 Å². The lowest BCUT2D eigenvalue weighted by Crippen LogP contribution is -2.18. The molecule has 0 bridgehead atoms. The lowest BCUT2D eigenvalue weighted by atomic mass is 10.1. The molecular formula is C24H24ClN3O4S. The Hall–Kier alpha value is -3.36. The zero-order chi connectivity index (χ0) is 24.2. The Kier molecular flexibility index (Phi) is 7.40. The van der Waals surface area contributed by atoms with E-state index in [1.807, 2.05) is 6.92 Å². The van der Waals surface area contributed by atoms with Crippen molar-refractivity contribution in [1.29, 1.82) is 0 Å². The average Bonchev–Trinajstić information content (AvgIpc) is 2.77. The highest BCUT2D eigenvalue weighted by Crippen LogP contribution is 2.23. The van der Waals surface area contributed by atoms with Crippen LogP contribution in [0.2, 0.25) is 5.02 Å². The fourth-order valence-electron chi connectivity index (χ4n) is 2.83. The summed E-state index contributed by atoms with van der Waals surface area (Å²) in [7, 11) is -3.82. The number of rotatable bonds is 7. The predicted octanol–water partition coefficient (Wildman–Crippen LogP) is 5.30. The third-order valence-electron chi connectivity index (χ3n) is 4.80. The molecule has 172 valence electrons. The van der Waals surface area contributed by atoms with Crippen molar-refractivity contribution >= 4 is 50.5 Å². The summed E-state index contributed by atoms with van der Waals surface area (Å²) in [4.78, 5) is 24.7. The van der Waals surface area contributed by atoms with Crippen LogP contribution in [0.15, 0.2) is 71.6 Å². The highest BCUT2D eigenvalue weighted by molar-refractivity contribution is 7.92. The standard InChI is InChI=1S/C24H24ClN3O4S/c1-15(2)23(29)26-20-9-4-16(3)22(14-20)27-24(30)17-5-12-21(13-6-17)33(31,32)28-19-10-7-18(25)8-11-19/h4-15,28H,1-3H3,(H,26,29)(H,27,30). The number of carbonyl (C=O) groups excluding carboxylic acids is 2. The lowest BCUT2D eigenvalue weighted by molar-refractivity contribution is -0.118. The first kappa shape index (κ1) is 24.3. The van der Waals surface area contributed by atoms with E-state index in [-0.39, 0.29) is 22.3 Å². The second-order valence-corrected chi connectivity index (χ2v) is 9.88. The van der Waals surface area contributed by atoms with E-state index in [1.54, 1.807) is 56.3 Å². The molecule has 33 heavy (non-hydrogen) atoms. The summed E-state index contributed by atoms with van der Waals surface area (Å²) < 4.78 is 27.7. The first-order valence-electron chi connectivity index (χ1n) is 10.2. The van der Waals surface area contributed by atoms with Crippen molar-refractivity contribution in [3.8, 4) is 0 Å². The molecule has 0 radical (unpaired) electrons. The Labute approximate surface area is 198 Å². The second-order valence-electron chi connectivity index (χ2n) is 7.76. The van der Waals surface area contributed by atoms with E-state index >= 15 is 0 Å². The van der Waals surface area contributed by atoms with E-state index in [1.165, 1.54) is 24.3 Å². The van der Waals surface area contributed by atoms with Crippen molar-refractivity contribution in [2.75, 3.05) is 15.4 Å². The Morgan fingerprint density at radius 1 is 0.848 bits per heavy atom. The number of hydrogen-bond acceptors (Lipinski definition) is 4. The monoisotopic (exact) mass is 485 g/mol. The van der Waals surface area contributed by atoms with Gasteiger partial charge in [-0.15, -0.1) is 0 Å². The first-order valence-corrected chi connectivity index (χ1v) is 12.0. The Morgan fingerprint density at radius 3 is 2.06 bits per heavy atom. The molecule has 3 aromatic rings. The quantitative estimate of drug-likeness (QED) is 0.422. The molecule has 0 saturated carbocycles. The molecule has 3 aromatic carbocycles. The number of aryl methyl sites for hydroxylation is 1.